The first kappa shape index (κ1) is 11.1. The van der Waals surface area contributed by atoms with Crippen LogP contribution in [0, 0.1) is 25.2 Å². The van der Waals surface area contributed by atoms with Crippen molar-refractivity contribution < 1.29 is 4.52 Å². The van der Waals surface area contributed by atoms with Gasteiger partial charge in [0.05, 0.1) is 18.3 Å². The summed E-state index contributed by atoms with van der Waals surface area (Å²) in [7, 11) is 0. The summed E-state index contributed by atoms with van der Waals surface area (Å²) in [4.78, 5) is 4.31. The van der Waals surface area contributed by atoms with Gasteiger partial charge in [-0.2, -0.15) is 5.26 Å². The van der Waals surface area contributed by atoms with Crippen molar-refractivity contribution >= 4 is 5.82 Å². The van der Waals surface area contributed by atoms with Crippen LogP contribution in [0.3, 0.4) is 0 Å². The topological polar surface area (TPSA) is 74.7 Å². The van der Waals surface area contributed by atoms with E-state index in [2.05, 4.69) is 21.5 Å². The van der Waals surface area contributed by atoms with Gasteiger partial charge in [0.25, 0.3) is 0 Å². The van der Waals surface area contributed by atoms with Crippen molar-refractivity contribution in [3.8, 4) is 6.07 Å². The van der Waals surface area contributed by atoms with E-state index in [4.69, 9.17) is 9.78 Å². The van der Waals surface area contributed by atoms with E-state index < -0.39 is 0 Å². The summed E-state index contributed by atoms with van der Waals surface area (Å²) in [5.41, 5.74) is 2.36. The zero-order valence-corrected chi connectivity index (χ0v) is 9.69. The Morgan fingerprint density at radius 1 is 1.47 bits per heavy atom. The van der Waals surface area contributed by atoms with Crippen molar-refractivity contribution in [1.82, 2.24) is 10.1 Å². The standard InChI is InChI=1S/C12H12N4O/c1-8-5-9(2)16-12(11(8)6-13)14-7-10-3-4-15-17-10/h3-5H,7H2,1-2H3,(H,14,16). The van der Waals surface area contributed by atoms with E-state index in [0.29, 0.717) is 23.7 Å². The van der Waals surface area contributed by atoms with Gasteiger partial charge in [-0.15, -0.1) is 0 Å². The predicted octanol–water partition coefficient (Wildman–Crippen LogP) is 2.17. The lowest BCUT2D eigenvalue weighted by molar-refractivity contribution is 0.388. The Labute approximate surface area is 99.1 Å². The minimum Gasteiger partial charge on any atom is -0.362 e. The number of anilines is 1. The predicted molar refractivity (Wildman–Crippen MR) is 62.3 cm³/mol. The second kappa shape index (κ2) is 4.66. The minimum absolute atomic E-state index is 0.463. The van der Waals surface area contributed by atoms with E-state index in [1.165, 1.54) is 0 Å². The number of nitrogens with zero attached hydrogens (tertiary/aromatic N) is 3. The van der Waals surface area contributed by atoms with Gasteiger partial charge in [0.2, 0.25) is 0 Å². The summed E-state index contributed by atoms with van der Waals surface area (Å²) in [6.45, 7) is 4.26. The highest BCUT2D eigenvalue weighted by Crippen LogP contribution is 2.18. The molecule has 5 heteroatoms. The zero-order valence-electron chi connectivity index (χ0n) is 9.69. The van der Waals surface area contributed by atoms with Crippen molar-refractivity contribution in [2.24, 2.45) is 0 Å². The molecule has 0 aliphatic heterocycles. The zero-order chi connectivity index (χ0) is 12.3. The highest BCUT2D eigenvalue weighted by atomic mass is 16.5. The molecule has 1 N–H and O–H groups in total. The molecule has 0 fully saturated rings. The molecular formula is C12H12N4O. The molecule has 0 aliphatic rings. The smallest absolute Gasteiger partial charge is 0.155 e. The molecule has 2 rings (SSSR count). The summed E-state index contributed by atoms with van der Waals surface area (Å²) >= 11 is 0. The quantitative estimate of drug-likeness (QED) is 0.871. The van der Waals surface area contributed by atoms with Crippen LogP contribution >= 0.6 is 0 Å². The fraction of sp³-hybridized carbons (Fsp3) is 0.250. The maximum atomic E-state index is 9.08. The molecule has 0 radical (unpaired) electrons. The van der Waals surface area contributed by atoms with Gasteiger partial charge in [-0.3, -0.25) is 0 Å². The number of aryl methyl sites for hydroxylation is 2. The van der Waals surface area contributed by atoms with Gasteiger partial charge >= 0.3 is 0 Å². The van der Waals surface area contributed by atoms with E-state index in [1.54, 1.807) is 12.3 Å². The molecule has 0 unspecified atom stereocenters. The van der Waals surface area contributed by atoms with Gasteiger partial charge in [0.1, 0.15) is 11.9 Å². The van der Waals surface area contributed by atoms with Crippen molar-refractivity contribution in [1.29, 1.82) is 5.26 Å². The molecule has 2 aromatic heterocycles. The maximum Gasteiger partial charge on any atom is 0.155 e. The van der Waals surface area contributed by atoms with Crippen LogP contribution in [-0.2, 0) is 6.54 Å². The SMILES string of the molecule is Cc1cc(C)c(C#N)c(NCc2ccno2)n1. The Hall–Kier alpha value is -2.35. The third-order valence-corrected chi connectivity index (χ3v) is 2.38. The Balaban J connectivity index is 2.23. The fourth-order valence-electron chi connectivity index (χ4n) is 1.61. The van der Waals surface area contributed by atoms with Crippen molar-refractivity contribution in [3.63, 3.8) is 0 Å². The minimum atomic E-state index is 0.463. The lowest BCUT2D eigenvalue weighted by atomic mass is 10.1. The number of aromatic nitrogens is 2. The molecule has 0 saturated carbocycles. The first-order valence-electron chi connectivity index (χ1n) is 5.22. The molecule has 0 spiro atoms. The molecule has 86 valence electrons. The van der Waals surface area contributed by atoms with Crippen LogP contribution in [0.5, 0.6) is 0 Å². The number of hydrogen-bond acceptors (Lipinski definition) is 5. The van der Waals surface area contributed by atoms with E-state index in [1.807, 2.05) is 19.9 Å². The van der Waals surface area contributed by atoms with Crippen LogP contribution in [0.25, 0.3) is 0 Å². The third-order valence-electron chi connectivity index (χ3n) is 2.38. The van der Waals surface area contributed by atoms with Crippen molar-refractivity contribution in [3.05, 3.63) is 40.9 Å². The molecule has 0 amide bonds. The van der Waals surface area contributed by atoms with E-state index >= 15 is 0 Å². The Kier molecular flexibility index (Phi) is 3.06. The number of hydrogen-bond donors (Lipinski definition) is 1. The van der Waals surface area contributed by atoms with Crippen molar-refractivity contribution in [2.45, 2.75) is 20.4 Å². The van der Waals surface area contributed by atoms with Gasteiger partial charge < -0.3 is 9.84 Å². The molecule has 2 aromatic rings. The normalized spacial score (nSPS) is 9.94. The van der Waals surface area contributed by atoms with Crippen LogP contribution in [0.4, 0.5) is 5.82 Å². The lowest BCUT2D eigenvalue weighted by Gasteiger charge is -2.08. The van der Waals surface area contributed by atoms with Crippen LogP contribution in [0.1, 0.15) is 22.6 Å². The highest BCUT2D eigenvalue weighted by Gasteiger charge is 2.08. The average Bonchev–Trinajstić information content (AvgIpc) is 2.78. The Morgan fingerprint density at radius 3 is 2.94 bits per heavy atom. The van der Waals surface area contributed by atoms with Crippen LogP contribution < -0.4 is 5.32 Å². The first-order chi connectivity index (χ1) is 8.20. The van der Waals surface area contributed by atoms with Crippen molar-refractivity contribution in [2.75, 3.05) is 5.32 Å². The number of pyridine rings is 1. The van der Waals surface area contributed by atoms with Crippen LogP contribution in [0.2, 0.25) is 0 Å². The van der Waals surface area contributed by atoms with Crippen LogP contribution in [-0.4, -0.2) is 10.1 Å². The lowest BCUT2D eigenvalue weighted by Crippen LogP contribution is -2.05. The summed E-state index contributed by atoms with van der Waals surface area (Å²) < 4.78 is 4.97. The van der Waals surface area contributed by atoms with E-state index in [9.17, 15) is 0 Å². The number of nitriles is 1. The molecule has 2 heterocycles. The third kappa shape index (κ3) is 2.42. The van der Waals surface area contributed by atoms with Gasteiger partial charge in [-0.25, -0.2) is 4.98 Å². The number of rotatable bonds is 3. The number of nitrogens with one attached hydrogen (secondary N) is 1. The summed E-state index contributed by atoms with van der Waals surface area (Å²) in [6, 6.07) is 5.80. The summed E-state index contributed by atoms with van der Waals surface area (Å²) in [6.07, 6.45) is 1.58. The molecule has 0 aromatic carbocycles. The molecule has 0 bridgehead atoms. The van der Waals surface area contributed by atoms with Crippen LogP contribution in [0.15, 0.2) is 22.9 Å². The maximum absolute atomic E-state index is 9.08. The molecule has 5 nitrogen and oxygen atoms in total. The second-order valence-electron chi connectivity index (χ2n) is 3.75. The molecule has 17 heavy (non-hydrogen) atoms. The summed E-state index contributed by atoms with van der Waals surface area (Å²) in [5, 5.41) is 15.8. The van der Waals surface area contributed by atoms with E-state index in [-0.39, 0.29) is 0 Å². The molecule has 0 aliphatic carbocycles. The molecule has 0 atom stereocenters. The molecule has 0 saturated heterocycles. The van der Waals surface area contributed by atoms with Gasteiger partial charge in [0, 0.05) is 11.8 Å². The van der Waals surface area contributed by atoms with Gasteiger partial charge in [-0.05, 0) is 25.5 Å². The largest absolute Gasteiger partial charge is 0.362 e. The van der Waals surface area contributed by atoms with E-state index in [0.717, 1.165) is 11.3 Å². The monoisotopic (exact) mass is 228 g/mol. The second-order valence-corrected chi connectivity index (χ2v) is 3.75. The fourth-order valence-corrected chi connectivity index (χ4v) is 1.61. The first-order valence-corrected chi connectivity index (χ1v) is 5.22. The summed E-state index contributed by atoms with van der Waals surface area (Å²) in [5.74, 6) is 1.29. The Bertz CT molecular complexity index is 555. The molecular weight excluding hydrogens is 216 g/mol. The van der Waals surface area contributed by atoms with Gasteiger partial charge in [0.15, 0.2) is 5.76 Å². The average molecular weight is 228 g/mol. The van der Waals surface area contributed by atoms with Gasteiger partial charge in [-0.1, -0.05) is 5.16 Å². The Morgan fingerprint density at radius 2 is 2.29 bits per heavy atom. The highest BCUT2D eigenvalue weighted by molar-refractivity contribution is 5.56.